The van der Waals surface area contributed by atoms with Gasteiger partial charge in [0.05, 0.1) is 34.6 Å². The number of hydrogen-bond acceptors (Lipinski definition) is 5. The molecule has 168 valence electrons. The van der Waals surface area contributed by atoms with Gasteiger partial charge in [-0.05, 0) is 55.4 Å². The van der Waals surface area contributed by atoms with Crippen molar-refractivity contribution in [3.05, 3.63) is 67.5 Å². The number of aliphatic hydroxyl groups is 1. The lowest BCUT2D eigenvalue weighted by Gasteiger charge is -2.59. The minimum absolute atomic E-state index is 0.0349. The fourth-order valence-corrected chi connectivity index (χ4v) is 6.29. The van der Waals surface area contributed by atoms with Crippen molar-refractivity contribution in [3.63, 3.8) is 0 Å². The molecule has 5 aliphatic rings. The Kier molecular flexibility index (Phi) is 3.49. The van der Waals surface area contributed by atoms with Crippen LogP contribution < -0.4 is 11.0 Å². The predicted molar refractivity (Wildman–Crippen MR) is 116 cm³/mol. The van der Waals surface area contributed by atoms with Crippen LogP contribution in [0.1, 0.15) is 49.0 Å². The minimum Gasteiger partial charge on any atom is -0.458 e. The van der Waals surface area contributed by atoms with Gasteiger partial charge in [0.25, 0.3) is 5.56 Å². The maximum absolute atomic E-state index is 14.2. The van der Waals surface area contributed by atoms with Crippen molar-refractivity contribution in [1.29, 1.82) is 0 Å². The average molecular weight is 448 g/mol. The zero-order valence-corrected chi connectivity index (χ0v) is 17.9. The molecular weight excluding hydrogens is 427 g/mol. The van der Waals surface area contributed by atoms with Crippen molar-refractivity contribution >= 4 is 16.9 Å². The molecule has 1 atom stereocenters. The fourth-order valence-electron chi connectivity index (χ4n) is 6.29. The standard InChI is InChI=1S/C25H21FN2O5/c1-2-25(32)16-8-18-20-19(9-27(18)23(30)15(16)10-33-24(25)31)28(21-11-5-12(21)6-11)17-4-3-13(26)7-14(17)22(20)29/h3-4,7-8,11-12,21,32H,2,5-6,9-10H2,1H3/t11?,12?,21?,25-/m0/s1. The van der Waals surface area contributed by atoms with Gasteiger partial charge in [0.1, 0.15) is 12.4 Å². The van der Waals surface area contributed by atoms with Crippen LogP contribution in [0.4, 0.5) is 4.39 Å². The molecule has 0 radical (unpaired) electrons. The Bertz CT molecular complexity index is 1540. The maximum Gasteiger partial charge on any atom is 0.343 e. The van der Waals surface area contributed by atoms with E-state index in [0.717, 1.165) is 18.5 Å². The molecule has 0 unspecified atom stereocenters. The third-order valence-electron chi connectivity index (χ3n) is 8.35. The van der Waals surface area contributed by atoms with E-state index in [-0.39, 0.29) is 53.1 Å². The van der Waals surface area contributed by atoms with Crippen LogP contribution >= 0.6 is 0 Å². The Morgan fingerprint density at radius 2 is 1.94 bits per heavy atom. The highest BCUT2D eigenvalue weighted by Crippen LogP contribution is 2.62. The minimum atomic E-state index is -1.94. The number of cyclic esters (lactones) is 1. The fraction of sp³-hybridized carbons (Fsp3) is 0.400. The summed E-state index contributed by atoms with van der Waals surface area (Å²) in [7, 11) is 0. The van der Waals surface area contributed by atoms with Gasteiger partial charge in [-0.1, -0.05) is 6.92 Å². The van der Waals surface area contributed by atoms with E-state index in [0.29, 0.717) is 28.6 Å². The van der Waals surface area contributed by atoms with Gasteiger partial charge in [-0.2, -0.15) is 0 Å². The van der Waals surface area contributed by atoms with E-state index in [2.05, 4.69) is 4.57 Å². The van der Waals surface area contributed by atoms with Crippen LogP contribution in [0.2, 0.25) is 0 Å². The average Bonchev–Trinajstić information content (AvgIpc) is 3.12. The summed E-state index contributed by atoms with van der Waals surface area (Å²) >= 11 is 0. The van der Waals surface area contributed by atoms with Gasteiger partial charge >= 0.3 is 5.97 Å². The summed E-state index contributed by atoms with van der Waals surface area (Å²) in [6, 6.07) is 6.11. The van der Waals surface area contributed by atoms with Crippen LogP contribution in [0.3, 0.4) is 0 Å². The summed E-state index contributed by atoms with van der Waals surface area (Å²) in [5.41, 5.74) is -0.0729. The molecule has 0 amide bonds. The largest absolute Gasteiger partial charge is 0.458 e. The molecule has 3 aliphatic carbocycles. The van der Waals surface area contributed by atoms with Crippen molar-refractivity contribution in [1.82, 2.24) is 9.13 Å². The summed E-state index contributed by atoms with van der Waals surface area (Å²) < 4.78 is 23.0. The van der Waals surface area contributed by atoms with Crippen molar-refractivity contribution in [2.75, 3.05) is 0 Å². The summed E-state index contributed by atoms with van der Waals surface area (Å²) in [5, 5.41) is 11.3. The molecule has 1 aromatic carbocycles. The highest BCUT2D eigenvalue weighted by molar-refractivity contribution is 5.88. The first-order valence-electron chi connectivity index (χ1n) is 11.4. The highest BCUT2D eigenvalue weighted by Gasteiger charge is 2.54. The first kappa shape index (κ1) is 19.2. The Labute approximate surface area is 187 Å². The number of ether oxygens (including phenoxy) is 1. The van der Waals surface area contributed by atoms with E-state index in [1.165, 1.54) is 16.7 Å². The maximum atomic E-state index is 14.2. The molecule has 2 aliphatic heterocycles. The number of fused-ring (bicyclic) bond motifs is 5. The normalized spacial score (nSPS) is 28.5. The molecule has 4 heterocycles. The molecule has 7 nitrogen and oxygen atoms in total. The highest BCUT2D eigenvalue weighted by atomic mass is 19.1. The van der Waals surface area contributed by atoms with Gasteiger partial charge < -0.3 is 19.0 Å². The van der Waals surface area contributed by atoms with Crippen molar-refractivity contribution in [2.45, 2.75) is 51.0 Å². The summed E-state index contributed by atoms with van der Waals surface area (Å²) in [4.78, 5) is 39.5. The number of rotatable bonds is 2. The molecule has 8 rings (SSSR count). The second-order valence-corrected chi connectivity index (χ2v) is 9.77. The topological polar surface area (TPSA) is 90.5 Å². The number of esters is 1. The summed E-state index contributed by atoms with van der Waals surface area (Å²) in [6.45, 7) is 1.64. The smallest absolute Gasteiger partial charge is 0.343 e. The van der Waals surface area contributed by atoms with Crippen LogP contribution in [0.5, 0.6) is 0 Å². The number of carbonyl (C=O) groups is 1. The number of benzene rings is 1. The molecular formula is C25H21FN2O5. The van der Waals surface area contributed by atoms with Gasteiger partial charge in [0.15, 0.2) is 11.0 Å². The monoisotopic (exact) mass is 448 g/mol. The SMILES string of the molecule is CC[C@@]1(O)C(=O)OCc2c1cc1n(c2=O)Cc2c-1c(=O)c1cc(F)ccc1n2C1C2CC1C2. The zero-order valence-electron chi connectivity index (χ0n) is 17.9. The lowest BCUT2D eigenvalue weighted by Crippen LogP contribution is -2.52. The van der Waals surface area contributed by atoms with E-state index in [9.17, 15) is 23.9 Å². The van der Waals surface area contributed by atoms with Gasteiger partial charge in [0.2, 0.25) is 0 Å². The third-order valence-corrected chi connectivity index (χ3v) is 8.35. The molecule has 1 N–H and O–H groups in total. The number of aromatic nitrogens is 2. The second kappa shape index (κ2) is 5.99. The lowest BCUT2D eigenvalue weighted by molar-refractivity contribution is -0.172. The number of pyridine rings is 2. The summed E-state index contributed by atoms with van der Waals surface area (Å²) in [6.07, 6.45) is 2.34. The molecule has 2 aromatic heterocycles. The van der Waals surface area contributed by atoms with Crippen LogP contribution in [0.15, 0.2) is 33.9 Å². The van der Waals surface area contributed by atoms with E-state index in [4.69, 9.17) is 4.74 Å². The number of nitrogens with zero attached hydrogens (tertiary/aromatic N) is 2. The van der Waals surface area contributed by atoms with Gasteiger partial charge in [-0.15, -0.1) is 0 Å². The second-order valence-electron chi connectivity index (χ2n) is 9.77. The van der Waals surface area contributed by atoms with Gasteiger partial charge in [-0.25, -0.2) is 9.18 Å². The van der Waals surface area contributed by atoms with Gasteiger partial charge in [0, 0.05) is 17.0 Å². The number of halogens is 1. The number of hydrogen-bond donors (Lipinski definition) is 1. The summed E-state index contributed by atoms with van der Waals surface area (Å²) in [5.74, 6) is -0.235. The Balaban J connectivity index is 1.57. The van der Waals surface area contributed by atoms with E-state index in [1.54, 1.807) is 19.1 Å². The molecule has 0 spiro atoms. The molecule has 0 saturated heterocycles. The van der Waals surface area contributed by atoms with Crippen molar-refractivity contribution < 1.29 is 19.0 Å². The van der Waals surface area contributed by atoms with Crippen LogP contribution in [0, 0.1) is 17.7 Å². The van der Waals surface area contributed by atoms with Crippen molar-refractivity contribution in [3.8, 4) is 11.3 Å². The van der Waals surface area contributed by atoms with Crippen LogP contribution in [-0.2, 0) is 28.3 Å². The van der Waals surface area contributed by atoms with Crippen LogP contribution in [0.25, 0.3) is 22.2 Å². The van der Waals surface area contributed by atoms with E-state index < -0.39 is 17.4 Å². The third kappa shape index (κ3) is 2.15. The molecule has 8 heteroatoms. The van der Waals surface area contributed by atoms with Crippen molar-refractivity contribution in [2.24, 2.45) is 11.8 Å². The Morgan fingerprint density at radius 1 is 1.18 bits per heavy atom. The number of carbonyl (C=O) groups excluding carboxylic acids is 1. The van der Waals surface area contributed by atoms with E-state index >= 15 is 0 Å². The molecule has 3 aromatic rings. The Morgan fingerprint density at radius 3 is 2.61 bits per heavy atom. The predicted octanol–water partition coefficient (Wildman–Crippen LogP) is 2.57. The molecule has 2 bridgehead atoms. The van der Waals surface area contributed by atoms with Crippen LogP contribution in [-0.4, -0.2) is 20.2 Å². The molecule has 3 fully saturated rings. The quantitative estimate of drug-likeness (QED) is 0.476. The first-order valence-corrected chi connectivity index (χ1v) is 11.4. The first-order chi connectivity index (χ1) is 15.8. The zero-order chi connectivity index (χ0) is 22.8. The Hall–Kier alpha value is -3.26. The molecule has 33 heavy (non-hydrogen) atoms. The van der Waals surface area contributed by atoms with E-state index in [1.807, 2.05) is 0 Å². The molecule has 3 saturated carbocycles. The lowest BCUT2D eigenvalue weighted by atomic mass is 9.51. The van der Waals surface area contributed by atoms with Gasteiger partial charge in [-0.3, -0.25) is 9.59 Å².